The van der Waals surface area contributed by atoms with E-state index in [9.17, 15) is 13.8 Å². The molecule has 2 fully saturated rings. The maximum atomic E-state index is 12.3. The molecule has 2 rings (SSSR count). The number of carbonyl (C=O) groups excluding carboxylic acids is 1. The Labute approximate surface area is 115 Å². The van der Waals surface area contributed by atoms with Gasteiger partial charge in [0.2, 0.25) is 5.91 Å². The van der Waals surface area contributed by atoms with Crippen molar-refractivity contribution in [2.24, 2.45) is 5.41 Å². The zero-order chi connectivity index (χ0) is 13.9. The van der Waals surface area contributed by atoms with Crippen molar-refractivity contribution in [3.63, 3.8) is 0 Å². The second-order valence-electron chi connectivity index (χ2n) is 5.68. The first kappa shape index (κ1) is 14.5. The highest BCUT2D eigenvalue weighted by molar-refractivity contribution is 7.85. The number of aliphatic carboxylic acids is 1. The number of carbonyl (C=O) groups is 2. The molecular formula is C13H21NO4S. The van der Waals surface area contributed by atoms with E-state index in [0.29, 0.717) is 31.0 Å². The van der Waals surface area contributed by atoms with Crippen molar-refractivity contribution in [3.05, 3.63) is 0 Å². The maximum Gasteiger partial charge on any atom is 0.303 e. The SMILES string of the molecule is O=C(O)CC1(CC(=O)N2CCS(=O)CC2)CCCC1. The number of carboxylic acids is 1. The van der Waals surface area contributed by atoms with Crippen LogP contribution in [0.15, 0.2) is 0 Å². The summed E-state index contributed by atoms with van der Waals surface area (Å²) < 4.78 is 11.3. The van der Waals surface area contributed by atoms with E-state index in [1.165, 1.54) is 0 Å². The second kappa shape index (κ2) is 6.03. The van der Waals surface area contributed by atoms with Crippen molar-refractivity contribution >= 4 is 22.7 Å². The molecule has 0 aromatic heterocycles. The lowest BCUT2D eigenvalue weighted by Gasteiger charge is -2.32. The molecule has 5 nitrogen and oxygen atoms in total. The van der Waals surface area contributed by atoms with Crippen LogP contribution >= 0.6 is 0 Å². The van der Waals surface area contributed by atoms with Gasteiger partial charge in [-0.3, -0.25) is 13.8 Å². The van der Waals surface area contributed by atoms with Gasteiger partial charge in [-0.05, 0) is 18.3 Å². The first-order valence-corrected chi connectivity index (χ1v) is 8.34. The van der Waals surface area contributed by atoms with Crippen molar-refractivity contribution < 1.29 is 18.9 Å². The van der Waals surface area contributed by atoms with Crippen molar-refractivity contribution in [3.8, 4) is 0 Å². The van der Waals surface area contributed by atoms with Crippen LogP contribution in [0.2, 0.25) is 0 Å². The third kappa shape index (κ3) is 3.78. The first-order chi connectivity index (χ1) is 9.01. The molecule has 1 saturated carbocycles. The third-order valence-electron chi connectivity index (χ3n) is 4.25. The zero-order valence-electron chi connectivity index (χ0n) is 11.1. The summed E-state index contributed by atoms with van der Waals surface area (Å²) in [6.45, 7) is 1.10. The van der Waals surface area contributed by atoms with Crippen LogP contribution in [-0.4, -0.2) is 50.7 Å². The van der Waals surface area contributed by atoms with Crippen LogP contribution in [0.4, 0.5) is 0 Å². The smallest absolute Gasteiger partial charge is 0.303 e. The molecule has 1 N–H and O–H groups in total. The molecule has 1 amide bonds. The molecular weight excluding hydrogens is 266 g/mol. The second-order valence-corrected chi connectivity index (χ2v) is 7.38. The highest BCUT2D eigenvalue weighted by Gasteiger charge is 2.39. The van der Waals surface area contributed by atoms with Crippen LogP contribution in [0.5, 0.6) is 0 Å². The van der Waals surface area contributed by atoms with E-state index in [0.717, 1.165) is 25.7 Å². The van der Waals surface area contributed by atoms with E-state index in [2.05, 4.69) is 0 Å². The summed E-state index contributed by atoms with van der Waals surface area (Å²) in [6, 6.07) is 0. The summed E-state index contributed by atoms with van der Waals surface area (Å²) in [7, 11) is -0.789. The van der Waals surface area contributed by atoms with Crippen LogP contribution in [0, 0.1) is 5.41 Å². The molecule has 0 aromatic carbocycles. The molecule has 19 heavy (non-hydrogen) atoms. The lowest BCUT2D eigenvalue weighted by Crippen LogP contribution is -2.43. The summed E-state index contributed by atoms with van der Waals surface area (Å²) >= 11 is 0. The third-order valence-corrected chi connectivity index (χ3v) is 5.52. The highest BCUT2D eigenvalue weighted by atomic mass is 32.2. The van der Waals surface area contributed by atoms with Crippen molar-refractivity contribution in [1.29, 1.82) is 0 Å². The van der Waals surface area contributed by atoms with Crippen LogP contribution in [0.25, 0.3) is 0 Å². The fourth-order valence-electron chi connectivity index (χ4n) is 3.18. The fourth-order valence-corrected chi connectivity index (χ4v) is 4.23. The van der Waals surface area contributed by atoms with Gasteiger partial charge in [0.1, 0.15) is 0 Å². The van der Waals surface area contributed by atoms with Crippen molar-refractivity contribution in [2.45, 2.75) is 38.5 Å². The quantitative estimate of drug-likeness (QED) is 0.837. The molecule has 2 aliphatic rings. The molecule has 0 atom stereocenters. The molecule has 6 heteroatoms. The van der Waals surface area contributed by atoms with Gasteiger partial charge in [-0.15, -0.1) is 0 Å². The van der Waals surface area contributed by atoms with E-state index in [4.69, 9.17) is 5.11 Å². The van der Waals surface area contributed by atoms with Gasteiger partial charge in [0.25, 0.3) is 0 Å². The van der Waals surface area contributed by atoms with Crippen molar-refractivity contribution in [2.75, 3.05) is 24.6 Å². The number of carboxylic acid groups (broad SMARTS) is 1. The highest BCUT2D eigenvalue weighted by Crippen LogP contribution is 2.44. The average Bonchev–Trinajstić information content (AvgIpc) is 2.77. The lowest BCUT2D eigenvalue weighted by atomic mass is 9.79. The monoisotopic (exact) mass is 287 g/mol. The zero-order valence-corrected chi connectivity index (χ0v) is 11.9. The predicted octanol–water partition coefficient (Wildman–Crippen LogP) is 1.00. The molecule has 0 radical (unpaired) electrons. The summed E-state index contributed by atoms with van der Waals surface area (Å²) in [6.07, 6.45) is 4.15. The normalized spacial score (nSPS) is 23.5. The minimum Gasteiger partial charge on any atom is -0.481 e. The van der Waals surface area contributed by atoms with Gasteiger partial charge in [-0.2, -0.15) is 0 Å². The largest absolute Gasteiger partial charge is 0.481 e. The molecule has 108 valence electrons. The molecule has 0 bridgehead atoms. The van der Waals surface area contributed by atoms with Gasteiger partial charge in [0.15, 0.2) is 0 Å². The van der Waals surface area contributed by atoms with Gasteiger partial charge < -0.3 is 10.0 Å². The number of hydrogen-bond acceptors (Lipinski definition) is 3. The van der Waals surface area contributed by atoms with E-state index in [1.54, 1.807) is 4.90 Å². The Kier molecular flexibility index (Phi) is 4.60. The predicted molar refractivity (Wildman–Crippen MR) is 72.2 cm³/mol. The van der Waals surface area contributed by atoms with Crippen LogP contribution in [-0.2, 0) is 20.4 Å². The van der Waals surface area contributed by atoms with E-state index >= 15 is 0 Å². The Morgan fingerprint density at radius 1 is 1.11 bits per heavy atom. The van der Waals surface area contributed by atoms with Gasteiger partial charge in [-0.1, -0.05) is 12.8 Å². The van der Waals surface area contributed by atoms with E-state index in [-0.39, 0.29) is 17.7 Å². The molecule has 1 aliphatic carbocycles. The molecule has 1 heterocycles. The summed E-state index contributed by atoms with van der Waals surface area (Å²) in [5.74, 6) is 0.337. The Morgan fingerprint density at radius 2 is 1.68 bits per heavy atom. The van der Waals surface area contributed by atoms with Gasteiger partial charge in [0.05, 0.1) is 6.42 Å². The minimum absolute atomic E-state index is 0.0415. The summed E-state index contributed by atoms with van der Waals surface area (Å²) in [5, 5.41) is 9.03. The van der Waals surface area contributed by atoms with Crippen LogP contribution in [0.3, 0.4) is 0 Å². The molecule has 1 saturated heterocycles. The number of rotatable bonds is 4. The fraction of sp³-hybridized carbons (Fsp3) is 0.846. The molecule has 0 unspecified atom stereocenters. The number of nitrogens with zero attached hydrogens (tertiary/aromatic N) is 1. The standard InChI is InChI=1S/C13H21NO4S/c15-11(14-5-7-19(18)8-6-14)9-13(10-12(16)17)3-1-2-4-13/h1-10H2,(H,16,17). The number of hydrogen-bond donors (Lipinski definition) is 1. The molecule has 0 spiro atoms. The Hall–Kier alpha value is -0.910. The van der Waals surface area contributed by atoms with E-state index in [1.807, 2.05) is 0 Å². The Bertz CT molecular complexity index is 380. The minimum atomic E-state index is -0.811. The Morgan fingerprint density at radius 3 is 2.21 bits per heavy atom. The molecule has 1 aliphatic heterocycles. The lowest BCUT2D eigenvalue weighted by molar-refractivity contribution is -0.141. The van der Waals surface area contributed by atoms with Gasteiger partial charge in [0, 0.05) is 41.8 Å². The van der Waals surface area contributed by atoms with Crippen LogP contribution < -0.4 is 0 Å². The maximum absolute atomic E-state index is 12.3. The average molecular weight is 287 g/mol. The topological polar surface area (TPSA) is 74.7 Å². The van der Waals surface area contributed by atoms with Crippen molar-refractivity contribution in [1.82, 2.24) is 4.90 Å². The van der Waals surface area contributed by atoms with Gasteiger partial charge >= 0.3 is 5.97 Å². The first-order valence-electron chi connectivity index (χ1n) is 6.85. The summed E-state index contributed by atoms with van der Waals surface area (Å²) in [4.78, 5) is 25.0. The van der Waals surface area contributed by atoms with E-state index < -0.39 is 16.8 Å². The summed E-state index contributed by atoms with van der Waals surface area (Å²) in [5.41, 5.74) is -0.334. The van der Waals surface area contributed by atoms with Crippen LogP contribution in [0.1, 0.15) is 38.5 Å². The van der Waals surface area contributed by atoms with Gasteiger partial charge in [-0.25, -0.2) is 0 Å². The number of amides is 1. The molecule has 0 aromatic rings. The Balaban J connectivity index is 1.95.